The molecule has 5 N–H and O–H groups in total. The Bertz CT molecular complexity index is 1310. The molecule has 10 nitrogen and oxygen atoms in total. The largest absolute Gasteiger partial charge is 0.367 e. The summed E-state index contributed by atoms with van der Waals surface area (Å²) in [6.07, 6.45) is 0. The SMILES string of the molecule is CN1CCN(CC(C)(C)CNC(=O)C2=NCNC2(C(N)=O)c2ccc(NC(=O)c3ccc(F)cc3Cl)cc2)CC1. The van der Waals surface area contributed by atoms with E-state index in [-0.39, 0.29) is 28.4 Å². The lowest BCUT2D eigenvalue weighted by atomic mass is 9.84. The fraction of sp³-hybridized carbons (Fsp3) is 0.429. The number of carbonyl (C=O) groups excluding carboxylic acids is 3. The zero-order valence-electron chi connectivity index (χ0n) is 22.9. The summed E-state index contributed by atoms with van der Waals surface area (Å²) in [4.78, 5) is 47.7. The van der Waals surface area contributed by atoms with Gasteiger partial charge in [-0.05, 0) is 48.4 Å². The number of amides is 3. The van der Waals surface area contributed by atoms with Gasteiger partial charge in [-0.15, -0.1) is 0 Å². The number of carbonyl (C=O) groups is 3. The smallest absolute Gasteiger partial charge is 0.268 e. The van der Waals surface area contributed by atoms with Crippen LogP contribution in [0.3, 0.4) is 0 Å². The molecular formula is C28H35ClFN7O3. The quantitative estimate of drug-likeness (QED) is 0.363. The minimum Gasteiger partial charge on any atom is -0.367 e. The van der Waals surface area contributed by atoms with E-state index in [9.17, 15) is 18.8 Å². The summed E-state index contributed by atoms with van der Waals surface area (Å²) in [5.41, 5.74) is 4.92. The Kier molecular flexibility index (Phi) is 8.89. The van der Waals surface area contributed by atoms with Crippen molar-refractivity contribution in [1.29, 1.82) is 0 Å². The summed E-state index contributed by atoms with van der Waals surface area (Å²) in [6.45, 7) is 9.40. The summed E-state index contributed by atoms with van der Waals surface area (Å²) >= 11 is 5.99. The molecule has 2 aromatic carbocycles. The van der Waals surface area contributed by atoms with Crippen molar-refractivity contribution in [2.24, 2.45) is 16.1 Å². The van der Waals surface area contributed by atoms with Gasteiger partial charge < -0.3 is 26.2 Å². The van der Waals surface area contributed by atoms with Crippen LogP contribution < -0.4 is 21.7 Å². The minimum absolute atomic E-state index is 0.00900. The predicted molar refractivity (Wildman–Crippen MR) is 153 cm³/mol. The Balaban J connectivity index is 1.45. The summed E-state index contributed by atoms with van der Waals surface area (Å²) in [5.74, 6) is -2.32. The predicted octanol–water partition coefficient (Wildman–Crippen LogP) is 1.80. The molecule has 1 atom stereocenters. The molecule has 0 aromatic heterocycles. The number of benzene rings is 2. The first kappa shape index (κ1) is 29.6. The number of piperazine rings is 1. The Labute approximate surface area is 238 Å². The average Bonchev–Trinajstić information content (AvgIpc) is 3.35. The molecule has 214 valence electrons. The van der Waals surface area contributed by atoms with Gasteiger partial charge in [0.1, 0.15) is 11.5 Å². The number of hydrogen-bond donors (Lipinski definition) is 4. The van der Waals surface area contributed by atoms with E-state index in [0.29, 0.717) is 17.8 Å². The molecule has 1 fully saturated rings. The molecule has 2 aliphatic heterocycles. The number of hydrogen-bond acceptors (Lipinski definition) is 7. The number of primary amides is 1. The van der Waals surface area contributed by atoms with Gasteiger partial charge in [-0.25, -0.2) is 4.39 Å². The third-order valence-electron chi connectivity index (χ3n) is 7.25. The standard InChI is InChI=1S/C28H35ClFN7O3/c1-27(2,16-37-12-10-36(3)11-13-37)15-32-25(39)23-28(26(31)40,34-17-33-23)18-4-7-20(8-5-18)35-24(38)21-9-6-19(30)14-22(21)29/h4-9,14,34H,10-13,15-17H2,1-3H3,(H2,31,40)(H,32,39)(H,35,38). The van der Waals surface area contributed by atoms with Crippen LogP contribution >= 0.6 is 11.6 Å². The van der Waals surface area contributed by atoms with E-state index in [1.54, 1.807) is 24.3 Å². The normalized spacial score (nSPS) is 20.2. The lowest BCUT2D eigenvalue weighted by Crippen LogP contribution is -2.59. The summed E-state index contributed by atoms with van der Waals surface area (Å²) < 4.78 is 13.3. The molecule has 1 unspecified atom stereocenters. The van der Waals surface area contributed by atoms with Gasteiger partial charge in [-0.3, -0.25) is 24.7 Å². The molecule has 0 bridgehead atoms. The van der Waals surface area contributed by atoms with Crippen LogP contribution in [-0.2, 0) is 15.1 Å². The first-order valence-electron chi connectivity index (χ1n) is 13.1. The van der Waals surface area contributed by atoms with Gasteiger partial charge >= 0.3 is 0 Å². The van der Waals surface area contributed by atoms with Crippen LogP contribution in [0.15, 0.2) is 47.5 Å². The Morgan fingerprint density at radius 1 is 1.10 bits per heavy atom. The zero-order valence-corrected chi connectivity index (χ0v) is 23.6. The first-order chi connectivity index (χ1) is 18.9. The van der Waals surface area contributed by atoms with Crippen molar-refractivity contribution >= 4 is 40.7 Å². The van der Waals surface area contributed by atoms with Crippen LogP contribution in [0.4, 0.5) is 10.1 Å². The van der Waals surface area contributed by atoms with Crippen molar-refractivity contribution in [3.63, 3.8) is 0 Å². The number of nitrogens with zero attached hydrogens (tertiary/aromatic N) is 3. The molecule has 12 heteroatoms. The molecule has 0 spiro atoms. The van der Waals surface area contributed by atoms with Gasteiger partial charge in [-0.1, -0.05) is 37.6 Å². The second kappa shape index (κ2) is 12.0. The Hall–Kier alpha value is -3.38. The van der Waals surface area contributed by atoms with Crippen molar-refractivity contribution in [3.8, 4) is 0 Å². The molecule has 0 saturated carbocycles. The van der Waals surface area contributed by atoms with Gasteiger partial charge in [0.15, 0.2) is 5.54 Å². The zero-order chi connectivity index (χ0) is 29.1. The molecule has 2 aliphatic rings. The van der Waals surface area contributed by atoms with Crippen molar-refractivity contribution < 1.29 is 18.8 Å². The molecule has 0 radical (unpaired) electrons. The lowest BCUT2D eigenvalue weighted by molar-refractivity contribution is -0.123. The minimum atomic E-state index is -1.63. The molecular weight excluding hydrogens is 537 g/mol. The maximum absolute atomic E-state index is 13.3. The molecule has 1 saturated heterocycles. The summed E-state index contributed by atoms with van der Waals surface area (Å²) in [7, 11) is 2.11. The van der Waals surface area contributed by atoms with Gasteiger partial charge in [-0.2, -0.15) is 0 Å². The highest BCUT2D eigenvalue weighted by Gasteiger charge is 2.49. The number of aliphatic imine (C=N–C) groups is 1. The second-order valence-electron chi connectivity index (χ2n) is 11.0. The number of anilines is 1. The highest BCUT2D eigenvalue weighted by molar-refractivity contribution is 6.47. The number of likely N-dealkylation sites (N-methyl/N-ethyl adjacent to an activating group) is 1. The number of rotatable bonds is 9. The monoisotopic (exact) mass is 571 g/mol. The number of halogens is 2. The van der Waals surface area contributed by atoms with Gasteiger partial charge in [0.05, 0.1) is 17.3 Å². The molecule has 40 heavy (non-hydrogen) atoms. The van der Waals surface area contributed by atoms with E-state index < -0.39 is 29.1 Å². The molecule has 3 amide bonds. The van der Waals surface area contributed by atoms with E-state index in [1.165, 1.54) is 6.07 Å². The van der Waals surface area contributed by atoms with Crippen LogP contribution in [0.25, 0.3) is 0 Å². The van der Waals surface area contributed by atoms with Gasteiger partial charge in [0, 0.05) is 45.0 Å². The average molecular weight is 572 g/mol. The molecule has 0 aliphatic carbocycles. The fourth-order valence-electron chi connectivity index (χ4n) is 5.01. The molecule has 2 heterocycles. The topological polar surface area (TPSA) is 132 Å². The molecule has 2 aromatic rings. The maximum atomic E-state index is 13.3. The maximum Gasteiger partial charge on any atom is 0.268 e. The van der Waals surface area contributed by atoms with Crippen molar-refractivity contribution in [2.75, 3.05) is 58.3 Å². The summed E-state index contributed by atoms with van der Waals surface area (Å²) in [5, 5.41) is 8.62. The van der Waals surface area contributed by atoms with Crippen LogP contribution in [-0.4, -0.2) is 86.2 Å². The molecule has 4 rings (SSSR count). The third-order valence-corrected chi connectivity index (χ3v) is 7.56. The van der Waals surface area contributed by atoms with E-state index in [2.05, 4.69) is 51.6 Å². The van der Waals surface area contributed by atoms with Gasteiger partial charge in [0.2, 0.25) is 5.91 Å². The third kappa shape index (κ3) is 6.49. The highest BCUT2D eigenvalue weighted by Crippen LogP contribution is 2.29. The summed E-state index contributed by atoms with van der Waals surface area (Å²) in [6, 6.07) is 9.82. The first-order valence-corrected chi connectivity index (χ1v) is 13.4. The fourth-order valence-corrected chi connectivity index (χ4v) is 5.27. The number of nitrogens with two attached hydrogens (primary N) is 1. The van der Waals surface area contributed by atoms with Crippen molar-refractivity contribution in [1.82, 2.24) is 20.4 Å². The Morgan fingerprint density at radius 3 is 2.40 bits per heavy atom. The van der Waals surface area contributed by atoms with Crippen molar-refractivity contribution in [3.05, 3.63) is 64.4 Å². The van der Waals surface area contributed by atoms with Crippen LogP contribution in [0.5, 0.6) is 0 Å². The van der Waals surface area contributed by atoms with Crippen molar-refractivity contribution in [2.45, 2.75) is 19.4 Å². The van der Waals surface area contributed by atoms with Crippen LogP contribution in [0.1, 0.15) is 29.8 Å². The van der Waals surface area contributed by atoms with E-state index in [1.807, 2.05) is 0 Å². The Morgan fingerprint density at radius 2 is 1.77 bits per heavy atom. The lowest BCUT2D eigenvalue weighted by Gasteiger charge is -2.38. The van der Waals surface area contributed by atoms with Crippen LogP contribution in [0.2, 0.25) is 5.02 Å². The second-order valence-corrected chi connectivity index (χ2v) is 11.4. The van der Waals surface area contributed by atoms with Crippen LogP contribution in [0, 0.1) is 11.2 Å². The van der Waals surface area contributed by atoms with E-state index in [0.717, 1.165) is 44.9 Å². The number of nitrogens with one attached hydrogen (secondary N) is 3. The van der Waals surface area contributed by atoms with E-state index >= 15 is 0 Å². The van der Waals surface area contributed by atoms with E-state index in [4.69, 9.17) is 17.3 Å². The van der Waals surface area contributed by atoms with Gasteiger partial charge in [0.25, 0.3) is 11.8 Å². The highest BCUT2D eigenvalue weighted by atomic mass is 35.5.